The maximum atomic E-state index is 9.60. The topological polar surface area (TPSA) is 41.5 Å². The monoisotopic (exact) mass is 243 g/mol. The summed E-state index contributed by atoms with van der Waals surface area (Å²) in [6.45, 7) is 4.88. The van der Waals surface area contributed by atoms with E-state index in [1.807, 2.05) is 13.8 Å². The molecular formula is C12H18ClNO2. The van der Waals surface area contributed by atoms with Crippen LogP contribution in [0, 0.1) is 0 Å². The van der Waals surface area contributed by atoms with Gasteiger partial charge in [0.1, 0.15) is 18.5 Å². The molecule has 1 atom stereocenters. The Kier molecular flexibility index (Phi) is 5.60. The van der Waals surface area contributed by atoms with Gasteiger partial charge in [0, 0.05) is 17.6 Å². The van der Waals surface area contributed by atoms with Gasteiger partial charge < -0.3 is 15.2 Å². The Labute approximate surface area is 101 Å². The smallest absolute Gasteiger partial charge is 0.119 e. The maximum Gasteiger partial charge on any atom is 0.119 e. The number of hydrogen-bond donors (Lipinski definition) is 2. The fourth-order valence-corrected chi connectivity index (χ4v) is 1.28. The molecule has 0 spiro atoms. The molecule has 0 saturated carbocycles. The van der Waals surface area contributed by atoms with E-state index in [4.69, 9.17) is 16.3 Å². The largest absolute Gasteiger partial charge is 0.491 e. The van der Waals surface area contributed by atoms with E-state index >= 15 is 0 Å². The standard InChI is InChI=1S/C12H18ClNO2/c1-9(2)14-7-11(15)8-16-12-5-3-10(13)4-6-12/h3-6,9,11,14-15H,7-8H2,1-2H3/t11-/m1/s1. The van der Waals surface area contributed by atoms with Crippen LogP contribution in [0.2, 0.25) is 5.02 Å². The third kappa shape index (κ3) is 5.35. The van der Waals surface area contributed by atoms with Crippen LogP contribution in [0.15, 0.2) is 24.3 Å². The molecule has 0 bridgehead atoms. The van der Waals surface area contributed by atoms with E-state index in [0.29, 0.717) is 23.4 Å². The number of hydrogen-bond acceptors (Lipinski definition) is 3. The Morgan fingerprint density at radius 2 is 1.94 bits per heavy atom. The molecule has 4 heteroatoms. The van der Waals surface area contributed by atoms with Crippen LogP contribution in [-0.4, -0.2) is 30.4 Å². The fourth-order valence-electron chi connectivity index (χ4n) is 1.15. The molecule has 0 unspecified atom stereocenters. The molecule has 3 nitrogen and oxygen atoms in total. The molecule has 0 amide bonds. The highest BCUT2D eigenvalue weighted by atomic mass is 35.5. The molecule has 1 aromatic rings. The number of nitrogens with one attached hydrogen (secondary N) is 1. The van der Waals surface area contributed by atoms with Crippen LogP contribution in [0.1, 0.15) is 13.8 Å². The van der Waals surface area contributed by atoms with E-state index in [-0.39, 0.29) is 6.61 Å². The predicted octanol–water partition coefficient (Wildman–Crippen LogP) is 2.08. The fraction of sp³-hybridized carbons (Fsp3) is 0.500. The molecule has 0 heterocycles. The second-order valence-electron chi connectivity index (χ2n) is 3.98. The Bertz CT molecular complexity index is 300. The quantitative estimate of drug-likeness (QED) is 0.804. The van der Waals surface area contributed by atoms with Gasteiger partial charge in [0.15, 0.2) is 0 Å². The molecule has 2 N–H and O–H groups in total. The highest BCUT2D eigenvalue weighted by molar-refractivity contribution is 6.30. The summed E-state index contributed by atoms with van der Waals surface area (Å²) in [5.74, 6) is 0.716. The second-order valence-corrected chi connectivity index (χ2v) is 4.42. The summed E-state index contributed by atoms with van der Waals surface area (Å²) >= 11 is 5.74. The van der Waals surface area contributed by atoms with Crippen molar-refractivity contribution in [2.45, 2.75) is 26.0 Å². The highest BCUT2D eigenvalue weighted by Gasteiger charge is 2.05. The van der Waals surface area contributed by atoms with Crippen molar-refractivity contribution in [2.75, 3.05) is 13.2 Å². The van der Waals surface area contributed by atoms with Crippen LogP contribution in [0.5, 0.6) is 5.75 Å². The minimum absolute atomic E-state index is 0.279. The normalized spacial score (nSPS) is 12.8. The summed E-state index contributed by atoms with van der Waals surface area (Å²) in [7, 11) is 0. The highest BCUT2D eigenvalue weighted by Crippen LogP contribution is 2.15. The lowest BCUT2D eigenvalue weighted by atomic mass is 10.3. The zero-order valence-electron chi connectivity index (χ0n) is 9.61. The molecule has 0 radical (unpaired) electrons. The number of rotatable bonds is 6. The van der Waals surface area contributed by atoms with Gasteiger partial charge in [-0.05, 0) is 24.3 Å². The van der Waals surface area contributed by atoms with E-state index in [0.717, 1.165) is 0 Å². The van der Waals surface area contributed by atoms with Gasteiger partial charge in [-0.3, -0.25) is 0 Å². The number of benzene rings is 1. The first-order chi connectivity index (χ1) is 7.58. The lowest BCUT2D eigenvalue weighted by Gasteiger charge is -2.14. The summed E-state index contributed by atoms with van der Waals surface area (Å²) in [5, 5.41) is 13.4. The lowest BCUT2D eigenvalue weighted by Crippen LogP contribution is -2.35. The van der Waals surface area contributed by atoms with Crippen molar-refractivity contribution in [1.82, 2.24) is 5.32 Å². The zero-order chi connectivity index (χ0) is 12.0. The average Bonchev–Trinajstić information content (AvgIpc) is 2.25. The minimum atomic E-state index is -0.502. The maximum absolute atomic E-state index is 9.60. The van der Waals surface area contributed by atoms with Crippen molar-refractivity contribution in [3.05, 3.63) is 29.3 Å². The third-order valence-corrected chi connectivity index (χ3v) is 2.27. The first-order valence-corrected chi connectivity index (χ1v) is 5.75. The average molecular weight is 244 g/mol. The third-order valence-electron chi connectivity index (χ3n) is 2.02. The van der Waals surface area contributed by atoms with Crippen molar-refractivity contribution in [3.8, 4) is 5.75 Å². The Hall–Kier alpha value is -0.770. The van der Waals surface area contributed by atoms with Gasteiger partial charge in [0.2, 0.25) is 0 Å². The van der Waals surface area contributed by atoms with Crippen molar-refractivity contribution in [1.29, 1.82) is 0 Å². The number of halogens is 1. The first kappa shape index (κ1) is 13.3. The minimum Gasteiger partial charge on any atom is -0.491 e. The molecule has 0 aliphatic rings. The molecule has 1 rings (SSSR count). The van der Waals surface area contributed by atoms with Crippen molar-refractivity contribution >= 4 is 11.6 Å². The molecular weight excluding hydrogens is 226 g/mol. The van der Waals surface area contributed by atoms with E-state index < -0.39 is 6.10 Å². The summed E-state index contributed by atoms with van der Waals surface area (Å²) < 4.78 is 5.41. The van der Waals surface area contributed by atoms with Crippen LogP contribution >= 0.6 is 11.6 Å². The van der Waals surface area contributed by atoms with Gasteiger partial charge in [-0.1, -0.05) is 25.4 Å². The molecule has 0 fully saturated rings. The van der Waals surface area contributed by atoms with Crippen molar-refractivity contribution < 1.29 is 9.84 Å². The number of ether oxygens (including phenoxy) is 1. The van der Waals surface area contributed by atoms with Gasteiger partial charge >= 0.3 is 0 Å². The molecule has 90 valence electrons. The van der Waals surface area contributed by atoms with Gasteiger partial charge in [-0.25, -0.2) is 0 Å². The summed E-state index contributed by atoms with van der Waals surface area (Å²) in [6.07, 6.45) is -0.502. The van der Waals surface area contributed by atoms with Crippen LogP contribution in [-0.2, 0) is 0 Å². The van der Waals surface area contributed by atoms with Crippen LogP contribution in [0.4, 0.5) is 0 Å². The van der Waals surface area contributed by atoms with Crippen molar-refractivity contribution in [2.24, 2.45) is 0 Å². The van der Waals surface area contributed by atoms with Gasteiger partial charge in [-0.2, -0.15) is 0 Å². The van der Waals surface area contributed by atoms with Crippen LogP contribution < -0.4 is 10.1 Å². The zero-order valence-corrected chi connectivity index (χ0v) is 10.4. The first-order valence-electron chi connectivity index (χ1n) is 5.37. The molecule has 0 saturated heterocycles. The van der Waals surface area contributed by atoms with Gasteiger partial charge in [0.05, 0.1) is 0 Å². The summed E-state index contributed by atoms with van der Waals surface area (Å²) in [4.78, 5) is 0. The molecule has 0 aliphatic carbocycles. The molecule has 0 aromatic heterocycles. The molecule has 0 aliphatic heterocycles. The van der Waals surface area contributed by atoms with Crippen LogP contribution in [0.25, 0.3) is 0 Å². The predicted molar refractivity (Wildman–Crippen MR) is 66.1 cm³/mol. The number of aliphatic hydroxyl groups excluding tert-OH is 1. The Morgan fingerprint density at radius 3 is 2.50 bits per heavy atom. The van der Waals surface area contributed by atoms with Gasteiger partial charge in [-0.15, -0.1) is 0 Å². The SMILES string of the molecule is CC(C)NC[C@@H](O)COc1ccc(Cl)cc1. The summed E-state index contributed by atoms with van der Waals surface area (Å²) in [5.41, 5.74) is 0. The van der Waals surface area contributed by atoms with E-state index in [1.165, 1.54) is 0 Å². The van der Waals surface area contributed by atoms with E-state index in [9.17, 15) is 5.11 Å². The van der Waals surface area contributed by atoms with Gasteiger partial charge in [0.25, 0.3) is 0 Å². The lowest BCUT2D eigenvalue weighted by molar-refractivity contribution is 0.104. The van der Waals surface area contributed by atoms with E-state index in [1.54, 1.807) is 24.3 Å². The second kappa shape index (κ2) is 6.74. The Balaban J connectivity index is 2.26. The summed E-state index contributed by atoms with van der Waals surface area (Å²) in [6, 6.07) is 7.45. The van der Waals surface area contributed by atoms with Crippen LogP contribution in [0.3, 0.4) is 0 Å². The Morgan fingerprint density at radius 1 is 1.31 bits per heavy atom. The molecule has 1 aromatic carbocycles. The van der Waals surface area contributed by atoms with Crippen molar-refractivity contribution in [3.63, 3.8) is 0 Å². The van der Waals surface area contributed by atoms with E-state index in [2.05, 4.69) is 5.32 Å². The molecule has 16 heavy (non-hydrogen) atoms. The number of aliphatic hydroxyl groups is 1.